The largest absolute Gasteiger partial charge is 0.493 e. The zero-order valence-electron chi connectivity index (χ0n) is 25.7. The van der Waals surface area contributed by atoms with Gasteiger partial charge in [0.15, 0.2) is 23.0 Å². The summed E-state index contributed by atoms with van der Waals surface area (Å²) in [7, 11) is 3.12. The van der Waals surface area contributed by atoms with Crippen LogP contribution in [0.4, 0.5) is 11.4 Å². The summed E-state index contributed by atoms with van der Waals surface area (Å²) >= 11 is 0. The third-order valence-electron chi connectivity index (χ3n) is 9.11. The Labute approximate surface area is 262 Å². The van der Waals surface area contributed by atoms with Crippen LogP contribution in [0, 0.1) is 0 Å². The Bertz CT molecular complexity index is 1740. The number of carbonyl (C=O) groups is 2. The molecule has 10 nitrogen and oxygen atoms in total. The quantitative estimate of drug-likeness (QED) is 0.311. The minimum absolute atomic E-state index is 0.0286. The van der Waals surface area contributed by atoms with Crippen molar-refractivity contribution in [2.45, 2.75) is 50.7 Å². The first-order valence-electron chi connectivity index (χ1n) is 15.4. The van der Waals surface area contributed by atoms with Gasteiger partial charge < -0.3 is 28.7 Å². The van der Waals surface area contributed by atoms with Crippen molar-refractivity contribution in [3.8, 4) is 23.0 Å². The van der Waals surface area contributed by atoms with Crippen LogP contribution in [0.1, 0.15) is 58.0 Å². The minimum Gasteiger partial charge on any atom is -0.493 e. The van der Waals surface area contributed by atoms with E-state index in [2.05, 4.69) is 24.0 Å². The molecule has 0 spiro atoms. The molecule has 0 radical (unpaired) electrons. The van der Waals surface area contributed by atoms with Gasteiger partial charge in [-0.15, -0.1) is 0 Å². The maximum atomic E-state index is 13.8. The van der Waals surface area contributed by atoms with Gasteiger partial charge in [-0.05, 0) is 43.0 Å². The van der Waals surface area contributed by atoms with Crippen molar-refractivity contribution in [3.63, 3.8) is 0 Å². The van der Waals surface area contributed by atoms with E-state index < -0.39 is 5.54 Å². The monoisotopic (exact) mass is 608 g/mol. The SMILES string of the molecule is COc1cc2c(cc1OCCCOc1cc3c(cc1OC)C(=O)N1Cc4ccccc4CC1(C)C=N3)N=C[C@@H]1CCCN1C2=O. The fourth-order valence-electron chi connectivity index (χ4n) is 6.63. The Morgan fingerprint density at radius 1 is 0.844 bits per heavy atom. The number of fused-ring (bicyclic) bond motifs is 5. The lowest BCUT2D eigenvalue weighted by Gasteiger charge is -2.42. The summed E-state index contributed by atoms with van der Waals surface area (Å²) in [6.45, 7) is 4.00. The predicted molar refractivity (Wildman–Crippen MR) is 170 cm³/mol. The van der Waals surface area contributed by atoms with E-state index in [1.807, 2.05) is 34.4 Å². The lowest BCUT2D eigenvalue weighted by atomic mass is 9.84. The van der Waals surface area contributed by atoms with Crippen LogP contribution in [-0.2, 0) is 13.0 Å². The summed E-state index contributed by atoms with van der Waals surface area (Å²) in [5.74, 6) is 1.86. The molecule has 1 unspecified atom stereocenters. The lowest BCUT2D eigenvalue weighted by Crippen LogP contribution is -2.54. The van der Waals surface area contributed by atoms with Crippen molar-refractivity contribution >= 4 is 35.6 Å². The van der Waals surface area contributed by atoms with Crippen LogP contribution in [-0.4, -0.2) is 79.6 Å². The zero-order valence-corrected chi connectivity index (χ0v) is 25.7. The van der Waals surface area contributed by atoms with E-state index in [0.717, 1.165) is 24.9 Å². The summed E-state index contributed by atoms with van der Waals surface area (Å²) < 4.78 is 23.4. The van der Waals surface area contributed by atoms with E-state index in [4.69, 9.17) is 23.9 Å². The fourth-order valence-corrected chi connectivity index (χ4v) is 6.63. The molecule has 1 saturated heterocycles. The van der Waals surface area contributed by atoms with Crippen LogP contribution < -0.4 is 18.9 Å². The molecule has 0 saturated carbocycles. The van der Waals surface area contributed by atoms with Crippen molar-refractivity contribution in [1.29, 1.82) is 0 Å². The number of ether oxygens (including phenoxy) is 4. The second-order valence-corrected chi connectivity index (χ2v) is 12.0. The van der Waals surface area contributed by atoms with E-state index >= 15 is 0 Å². The molecule has 1 fully saturated rings. The Morgan fingerprint density at radius 3 is 2.18 bits per heavy atom. The number of rotatable bonds is 8. The van der Waals surface area contributed by atoms with Gasteiger partial charge in [-0.1, -0.05) is 24.3 Å². The van der Waals surface area contributed by atoms with Gasteiger partial charge in [0.25, 0.3) is 11.8 Å². The average Bonchev–Trinajstić information content (AvgIpc) is 3.45. The van der Waals surface area contributed by atoms with Gasteiger partial charge in [-0.25, -0.2) is 0 Å². The molecule has 232 valence electrons. The third-order valence-corrected chi connectivity index (χ3v) is 9.11. The maximum Gasteiger partial charge on any atom is 0.257 e. The molecule has 0 aliphatic carbocycles. The molecule has 45 heavy (non-hydrogen) atoms. The molecule has 3 aromatic carbocycles. The number of benzene rings is 3. The van der Waals surface area contributed by atoms with Gasteiger partial charge in [0.05, 0.1) is 61.5 Å². The average molecular weight is 609 g/mol. The Hall–Kier alpha value is -4.86. The molecule has 4 aliphatic rings. The summed E-state index contributed by atoms with van der Waals surface area (Å²) in [5, 5.41) is 0. The van der Waals surface area contributed by atoms with Crippen molar-refractivity contribution in [2.24, 2.45) is 9.98 Å². The number of methoxy groups -OCH3 is 2. The molecule has 10 heteroatoms. The molecule has 4 aliphatic heterocycles. The first-order valence-corrected chi connectivity index (χ1v) is 15.4. The van der Waals surface area contributed by atoms with Gasteiger partial charge in [-0.2, -0.15) is 0 Å². The number of nitrogens with zero attached hydrogens (tertiary/aromatic N) is 4. The number of carbonyl (C=O) groups excluding carboxylic acids is 2. The van der Waals surface area contributed by atoms with Gasteiger partial charge in [0.2, 0.25) is 0 Å². The second kappa shape index (κ2) is 11.6. The van der Waals surface area contributed by atoms with Crippen molar-refractivity contribution in [3.05, 3.63) is 70.8 Å². The molecule has 0 N–H and O–H groups in total. The summed E-state index contributed by atoms with van der Waals surface area (Å²) in [5.41, 5.74) is 3.99. The highest BCUT2D eigenvalue weighted by Gasteiger charge is 2.41. The third kappa shape index (κ3) is 5.18. The van der Waals surface area contributed by atoms with Crippen molar-refractivity contribution in [2.75, 3.05) is 34.0 Å². The predicted octanol–water partition coefficient (Wildman–Crippen LogP) is 5.55. The summed E-state index contributed by atoms with van der Waals surface area (Å²) in [6.07, 6.45) is 6.90. The highest BCUT2D eigenvalue weighted by molar-refractivity contribution is 6.05. The van der Waals surface area contributed by atoms with Gasteiger partial charge in [0, 0.05) is 50.5 Å². The fraction of sp³-hybridized carbons (Fsp3) is 0.371. The van der Waals surface area contributed by atoms with Crippen LogP contribution in [0.25, 0.3) is 0 Å². The molecular formula is C35H36N4O6. The van der Waals surface area contributed by atoms with Gasteiger partial charge in [-0.3, -0.25) is 19.6 Å². The van der Waals surface area contributed by atoms with E-state index in [1.165, 1.54) is 5.56 Å². The van der Waals surface area contributed by atoms with Crippen LogP contribution in [0.15, 0.2) is 58.5 Å². The normalized spacial score (nSPS) is 21.2. The molecule has 2 atom stereocenters. The highest BCUT2D eigenvalue weighted by atomic mass is 16.5. The molecule has 7 rings (SSSR count). The van der Waals surface area contributed by atoms with Gasteiger partial charge in [0.1, 0.15) is 0 Å². The van der Waals surface area contributed by atoms with E-state index in [0.29, 0.717) is 78.1 Å². The Morgan fingerprint density at radius 2 is 1.49 bits per heavy atom. The van der Waals surface area contributed by atoms with Crippen LogP contribution >= 0.6 is 0 Å². The molecular weight excluding hydrogens is 572 g/mol. The second-order valence-electron chi connectivity index (χ2n) is 12.0. The maximum absolute atomic E-state index is 13.8. The van der Waals surface area contributed by atoms with Gasteiger partial charge >= 0.3 is 0 Å². The lowest BCUT2D eigenvalue weighted by molar-refractivity contribution is 0.0594. The van der Waals surface area contributed by atoms with E-state index in [1.54, 1.807) is 38.5 Å². The number of hydrogen-bond acceptors (Lipinski definition) is 8. The zero-order chi connectivity index (χ0) is 31.1. The van der Waals surface area contributed by atoms with Crippen LogP contribution in [0.5, 0.6) is 23.0 Å². The van der Waals surface area contributed by atoms with Crippen molar-refractivity contribution < 1.29 is 28.5 Å². The highest BCUT2D eigenvalue weighted by Crippen LogP contribution is 2.41. The summed E-state index contributed by atoms with van der Waals surface area (Å²) in [6, 6.07) is 15.2. The minimum atomic E-state index is -0.540. The molecule has 3 aromatic rings. The van der Waals surface area contributed by atoms with E-state index in [-0.39, 0.29) is 17.9 Å². The molecule has 2 amide bonds. The Kier molecular flexibility index (Phi) is 7.43. The Balaban J connectivity index is 1.03. The topological polar surface area (TPSA) is 102 Å². The van der Waals surface area contributed by atoms with Crippen LogP contribution in [0.3, 0.4) is 0 Å². The van der Waals surface area contributed by atoms with E-state index in [9.17, 15) is 9.59 Å². The summed E-state index contributed by atoms with van der Waals surface area (Å²) in [4.78, 5) is 40.1. The molecule has 0 aromatic heterocycles. The number of amides is 2. The standard InChI is InChI=1S/C35H36N4O6/c1-35-18-22-8-4-5-9-23(22)20-39(35)34(41)26-15-30(43-3)32(17-28(26)37-21-35)45-13-7-12-44-31-16-27-25(14-29(31)42-2)33(40)38-11-6-10-24(38)19-36-27/h4-5,8-9,14-17,19,21,24H,6-7,10-13,18,20H2,1-3H3/t24-,35?/m0/s1. The molecule has 0 bridgehead atoms. The smallest absolute Gasteiger partial charge is 0.257 e. The first kappa shape index (κ1) is 28.9. The first-order chi connectivity index (χ1) is 21.9. The molecule has 4 heterocycles. The van der Waals surface area contributed by atoms with Crippen LogP contribution in [0.2, 0.25) is 0 Å². The van der Waals surface area contributed by atoms with Crippen molar-refractivity contribution in [1.82, 2.24) is 9.80 Å². The number of hydrogen-bond donors (Lipinski definition) is 0. The number of aliphatic imine (C=N–C) groups is 2.